The summed E-state index contributed by atoms with van der Waals surface area (Å²) in [6.07, 6.45) is 2.14. The molecule has 2 heterocycles. The maximum Gasteiger partial charge on any atom is 0.235 e. The molecule has 0 bridgehead atoms. The third kappa shape index (κ3) is 4.69. The van der Waals surface area contributed by atoms with Crippen LogP contribution in [0.3, 0.4) is 0 Å². The summed E-state index contributed by atoms with van der Waals surface area (Å²) in [7, 11) is 0. The molecule has 0 radical (unpaired) electrons. The maximum absolute atomic E-state index is 13.6. The van der Waals surface area contributed by atoms with Gasteiger partial charge in [0.2, 0.25) is 11.8 Å². The molecule has 1 saturated heterocycles. The topological polar surface area (TPSA) is 69.4 Å². The molecule has 3 rings (SSSR count). The zero-order chi connectivity index (χ0) is 17.9. The molecular formula is C18H24FN3O3. The molecule has 1 aromatic carbocycles. The average molecular weight is 349 g/mol. The first-order valence-corrected chi connectivity index (χ1v) is 8.52. The highest BCUT2D eigenvalue weighted by atomic mass is 19.1. The van der Waals surface area contributed by atoms with Gasteiger partial charge in [-0.1, -0.05) is 20.8 Å². The predicted octanol–water partition coefficient (Wildman–Crippen LogP) is 3.68. The second kappa shape index (κ2) is 7.39. The lowest BCUT2D eigenvalue weighted by atomic mass is 9.97. The largest absolute Gasteiger partial charge is 0.489 e. The molecule has 0 amide bonds. The molecule has 0 unspecified atom stereocenters. The van der Waals surface area contributed by atoms with Crippen molar-refractivity contribution >= 4 is 5.69 Å². The minimum absolute atomic E-state index is 0.100. The second-order valence-electron chi connectivity index (χ2n) is 7.19. The Labute approximate surface area is 146 Å². The molecule has 7 heteroatoms. The van der Waals surface area contributed by atoms with E-state index in [4.69, 9.17) is 13.9 Å². The van der Waals surface area contributed by atoms with Crippen molar-refractivity contribution in [1.82, 2.24) is 10.2 Å². The number of ether oxygens (including phenoxy) is 2. The van der Waals surface area contributed by atoms with E-state index in [1.165, 1.54) is 12.1 Å². The summed E-state index contributed by atoms with van der Waals surface area (Å²) in [4.78, 5) is 0. The third-order valence-electron chi connectivity index (χ3n) is 3.93. The van der Waals surface area contributed by atoms with E-state index in [0.29, 0.717) is 36.4 Å². The molecule has 0 saturated carbocycles. The molecule has 1 atom stereocenters. The number of anilines is 1. The Hall–Kier alpha value is -2.15. The summed E-state index contributed by atoms with van der Waals surface area (Å²) in [6.45, 7) is 7.53. The van der Waals surface area contributed by atoms with Gasteiger partial charge in [-0.25, -0.2) is 4.39 Å². The van der Waals surface area contributed by atoms with Gasteiger partial charge in [-0.05, 0) is 25.0 Å². The standard InChI is InChI=1S/C18H24FN3O3/c1-18(2,3)17-22-21-16(25-17)10-20-14-9-12(19)6-7-15(14)24-11-13-5-4-8-23-13/h6-7,9,13,20H,4-5,8,10-11H2,1-3H3/t13-/m1/s1. The van der Waals surface area contributed by atoms with Crippen LogP contribution >= 0.6 is 0 Å². The van der Waals surface area contributed by atoms with E-state index in [1.807, 2.05) is 20.8 Å². The number of hydrogen-bond donors (Lipinski definition) is 1. The van der Waals surface area contributed by atoms with Crippen LogP contribution in [0.1, 0.15) is 45.4 Å². The van der Waals surface area contributed by atoms with E-state index in [-0.39, 0.29) is 17.3 Å². The Morgan fingerprint density at radius 1 is 1.32 bits per heavy atom. The van der Waals surface area contributed by atoms with Gasteiger partial charge < -0.3 is 19.2 Å². The van der Waals surface area contributed by atoms with Gasteiger partial charge in [-0.2, -0.15) is 0 Å². The van der Waals surface area contributed by atoms with Gasteiger partial charge in [-0.15, -0.1) is 10.2 Å². The second-order valence-corrected chi connectivity index (χ2v) is 7.19. The van der Waals surface area contributed by atoms with E-state index in [0.717, 1.165) is 19.4 Å². The summed E-state index contributed by atoms with van der Waals surface area (Å²) in [5.74, 6) is 1.25. The van der Waals surface area contributed by atoms with Crippen LogP contribution in [-0.4, -0.2) is 29.5 Å². The smallest absolute Gasteiger partial charge is 0.235 e. The SMILES string of the molecule is CC(C)(C)c1nnc(CNc2cc(F)ccc2OC[C@H]2CCCO2)o1. The molecule has 2 aromatic rings. The minimum Gasteiger partial charge on any atom is -0.489 e. The molecule has 136 valence electrons. The average Bonchev–Trinajstić information content (AvgIpc) is 3.23. The molecule has 25 heavy (non-hydrogen) atoms. The summed E-state index contributed by atoms with van der Waals surface area (Å²) in [5, 5.41) is 11.2. The Bertz CT molecular complexity index is 706. The van der Waals surface area contributed by atoms with Crippen molar-refractivity contribution in [2.24, 2.45) is 0 Å². The number of halogens is 1. The van der Waals surface area contributed by atoms with Crippen molar-refractivity contribution in [3.63, 3.8) is 0 Å². The van der Waals surface area contributed by atoms with Crippen molar-refractivity contribution in [2.45, 2.75) is 51.7 Å². The summed E-state index contributed by atoms with van der Waals surface area (Å²) < 4.78 is 30.6. The van der Waals surface area contributed by atoms with Crippen molar-refractivity contribution in [3.8, 4) is 5.75 Å². The number of rotatable bonds is 6. The monoisotopic (exact) mass is 349 g/mol. The maximum atomic E-state index is 13.6. The first kappa shape index (κ1) is 17.7. The first-order chi connectivity index (χ1) is 11.9. The van der Waals surface area contributed by atoms with E-state index < -0.39 is 0 Å². The van der Waals surface area contributed by atoms with Crippen molar-refractivity contribution in [3.05, 3.63) is 35.8 Å². The highest BCUT2D eigenvalue weighted by molar-refractivity contribution is 5.56. The zero-order valence-electron chi connectivity index (χ0n) is 14.8. The van der Waals surface area contributed by atoms with Gasteiger partial charge >= 0.3 is 0 Å². The Morgan fingerprint density at radius 2 is 2.16 bits per heavy atom. The van der Waals surface area contributed by atoms with Crippen LogP contribution in [0.2, 0.25) is 0 Å². The molecule has 1 aliphatic rings. The van der Waals surface area contributed by atoms with Gasteiger partial charge in [-0.3, -0.25) is 0 Å². The lowest BCUT2D eigenvalue weighted by Gasteiger charge is -2.15. The fourth-order valence-corrected chi connectivity index (χ4v) is 2.52. The first-order valence-electron chi connectivity index (χ1n) is 8.52. The van der Waals surface area contributed by atoms with E-state index in [9.17, 15) is 4.39 Å². The molecule has 1 aliphatic heterocycles. The molecule has 6 nitrogen and oxygen atoms in total. The van der Waals surface area contributed by atoms with E-state index in [1.54, 1.807) is 6.07 Å². The van der Waals surface area contributed by atoms with Crippen LogP contribution in [0.4, 0.5) is 10.1 Å². The van der Waals surface area contributed by atoms with Gasteiger partial charge in [0, 0.05) is 18.1 Å². The van der Waals surface area contributed by atoms with E-state index in [2.05, 4.69) is 15.5 Å². The Balaban J connectivity index is 1.64. The quantitative estimate of drug-likeness (QED) is 0.858. The van der Waals surface area contributed by atoms with Crippen molar-refractivity contribution < 1.29 is 18.3 Å². The van der Waals surface area contributed by atoms with Crippen LogP contribution in [0.5, 0.6) is 5.75 Å². The Morgan fingerprint density at radius 3 is 2.84 bits per heavy atom. The molecule has 1 aromatic heterocycles. The van der Waals surface area contributed by atoms with E-state index >= 15 is 0 Å². The molecule has 1 fully saturated rings. The highest BCUT2D eigenvalue weighted by Crippen LogP contribution is 2.27. The van der Waals surface area contributed by atoms with Crippen LogP contribution in [-0.2, 0) is 16.7 Å². The number of benzene rings is 1. The molecule has 0 aliphatic carbocycles. The zero-order valence-corrected chi connectivity index (χ0v) is 14.8. The molecule has 1 N–H and O–H groups in total. The highest BCUT2D eigenvalue weighted by Gasteiger charge is 2.21. The van der Waals surface area contributed by atoms with Crippen molar-refractivity contribution in [1.29, 1.82) is 0 Å². The normalized spacial score (nSPS) is 17.7. The lowest BCUT2D eigenvalue weighted by molar-refractivity contribution is 0.0681. The molecule has 0 spiro atoms. The summed E-state index contributed by atoms with van der Waals surface area (Å²) in [6, 6.07) is 4.38. The summed E-state index contributed by atoms with van der Waals surface area (Å²) in [5.41, 5.74) is 0.341. The Kier molecular flexibility index (Phi) is 5.22. The lowest BCUT2D eigenvalue weighted by Crippen LogP contribution is -2.17. The number of aromatic nitrogens is 2. The summed E-state index contributed by atoms with van der Waals surface area (Å²) >= 11 is 0. The van der Waals surface area contributed by atoms with Gasteiger partial charge in [0.15, 0.2) is 0 Å². The van der Waals surface area contributed by atoms with Crippen LogP contribution in [0, 0.1) is 5.82 Å². The van der Waals surface area contributed by atoms with Gasteiger partial charge in [0.1, 0.15) is 18.2 Å². The van der Waals surface area contributed by atoms with Crippen molar-refractivity contribution in [2.75, 3.05) is 18.5 Å². The molecular weight excluding hydrogens is 325 g/mol. The number of hydrogen-bond acceptors (Lipinski definition) is 6. The number of nitrogens with zero attached hydrogens (tertiary/aromatic N) is 2. The third-order valence-corrected chi connectivity index (χ3v) is 3.93. The predicted molar refractivity (Wildman–Crippen MR) is 91.2 cm³/mol. The fraction of sp³-hybridized carbons (Fsp3) is 0.556. The van der Waals surface area contributed by atoms with Crippen LogP contribution in [0.25, 0.3) is 0 Å². The van der Waals surface area contributed by atoms with Crippen LogP contribution < -0.4 is 10.1 Å². The van der Waals surface area contributed by atoms with Gasteiger partial charge in [0.25, 0.3) is 0 Å². The van der Waals surface area contributed by atoms with Crippen LogP contribution in [0.15, 0.2) is 22.6 Å². The fourth-order valence-electron chi connectivity index (χ4n) is 2.52. The number of nitrogens with one attached hydrogen (secondary N) is 1. The van der Waals surface area contributed by atoms with Gasteiger partial charge in [0.05, 0.1) is 18.3 Å². The minimum atomic E-state index is -0.340.